The van der Waals surface area contributed by atoms with E-state index in [0.717, 1.165) is 29.9 Å². The first-order valence-electron chi connectivity index (χ1n) is 6.36. The summed E-state index contributed by atoms with van der Waals surface area (Å²) >= 11 is 3.39. The van der Waals surface area contributed by atoms with Gasteiger partial charge in [-0.15, -0.1) is 0 Å². The minimum Gasteiger partial charge on any atom is -0.493 e. The fraction of sp³-hybridized carbons (Fsp3) is 0.200. The number of ether oxygens (including phenoxy) is 1. The standard InChI is InChI=1S/C15H14BrFN2O/c16-13-8-11(17)2-3-12(13)15(19-18)10-1-4-14-9(7-10)5-6-20-14/h1-4,7-8,15,19H,5-6,18H2. The molecule has 2 aromatic rings. The lowest BCUT2D eigenvalue weighted by Gasteiger charge is -2.19. The molecule has 3 N–H and O–H groups in total. The number of hydrogen-bond donors (Lipinski definition) is 2. The van der Waals surface area contributed by atoms with Crippen LogP contribution in [0.4, 0.5) is 4.39 Å². The number of nitrogens with one attached hydrogen (secondary N) is 1. The van der Waals surface area contributed by atoms with Crippen LogP contribution in [-0.4, -0.2) is 6.61 Å². The molecule has 0 aromatic heterocycles. The first-order valence-corrected chi connectivity index (χ1v) is 7.15. The largest absolute Gasteiger partial charge is 0.493 e. The summed E-state index contributed by atoms with van der Waals surface area (Å²) in [4.78, 5) is 0. The van der Waals surface area contributed by atoms with Gasteiger partial charge in [-0.05, 0) is 34.9 Å². The normalized spacial score (nSPS) is 14.8. The third-order valence-electron chi connectivity index (χ3n) is 3.49. The SMILES string of the molecule is NNC(c1ccc2c(c1)CCO2)c1ccc(F)cc1Br. The molecule has 3 rings (SSSR count). The zero-order valence-corrected chi connectivity index (χ0v) is 12.3. The summed E-state index contributed by atoms with van der Waals surface area (Å²) in [6.07, 6.45) is 0.908. The van der Waals surface area contributed by atoms with Gasteiger partial charge in [-0.2, -0.15) is 0 Å². The lowest BCUT2D eigenvalue weighted by Crippen LogP contribution is -2.29. The van der Waals surface area contributed by atoms with Gasteiger partial charge in [-0.3, -0.25) is 5.84 Å². The molecular weight excluding hydrogens is 323 g/mol. The molecule has 0 radical (unpaired) electrons. The topological polar surface area (TPSA) is 47.3 Å². The van der Waals surface area contributed by atoms with Crippen molar-refractivity contribution in [1.29, 1.82) is 0 Å². The molecule has 0 fully saturated rings. The van der Waals surface area contributed by atoms with Crippen molar-refractivity contribution in [1.82, 2.24) is 5.43 Å². The Morgan fingerprint density at radius 1 is 1.25 bits per heavy atom. The molecule has 20 heavy (non-hydrogen) atoms. The van der Waals surface area contributed by atoms with Crippen LogP contribution in [0.5, 0.6) is 5.75 Å². The van der Waals surface area contributed by atoms with Crippen molar-refractivity contribution in [2.45, 2.75) is 12.5 Å². The van der Waals surface area contributed by atoms with Crippen LogP contribution in [0.1, 0.15) is 22.7 Å². The number of hydrogen-bond acceptors (Lipinski definition) is 3. The van der Waals surface area contributed by atoms with E-state index in [2.05, 4.69) is 27.4 Å². The number of rotatable bonds is 3. The van der Waals surface area contributed by atoms with Crippen LogP contribution in [0.15, 0.2) is 40.9 Å². The van der Waals surface area contributed by atoms with Gasteiger partial charge in [0.15, 0.2) is 0 Å². The number of fused-ring (bicyclic) bond motifs is 1. The van der Waals surface area contributed by atoms with Crippen LogP contribution in [0.3, 0.4) is 0 Å². The molecule has 1 heterocycles. The van der Waals surface area contributed by atoms with Crippen LogP contribution in [0, 0.1) is 5.82 Å². The number of nitrogens with two attached hydrogens (primary N) is 1. The van der Waals surface area contributed by atoms with E-state index in [1.165, 1.54) is 17.7 Å². The van der Waals surface area contributed by atoms with E-state index >= 15 is 0 Å². The summed E-state index contributed by atoms with van der Waals surface area (Å²) in [6.45, 7) is 0.722. The lowest BCUT2D eigenvalue weighted by molar-refractivity contribution is 0.357. The Morgan fingerprint density at radius 2 is 2.10 bits per heavy atom. The molecule has 5 heteroatoms. The molecule has 1 atom stereocenters. The van der Waals surface area contributed by atoms with Gasteiger partial charge < -0.3 is 4.74 Å². The average Bonchev–Trinajstić information content (AvgIpc) is 2.89. The second-order valence-electron chi connectivity index (χ2n) is 4.73. The van der Waals surface area contributed by atoms with Crippen molar-refractivity contribution in [2.75, 3.05) is 6.61 Å². The van der Waals surface area contributed by atoms with Crippen molar-refractivity contribution < 1.29 is 9.13 Å². The van der Waals surface area contributed by atoms with Crippen molar-refractivity contribution >= 4 is 15.9 Å². The molecular formula is C15H14BrFN2O. The van der Waals surface area contributed by atoms with Crippen LogP contribution >= 0.6 is 15.9 Å². The Hall–Kier alpha value is -1.43. The average molecular weight is 337 g/mol. The Bertz CT molecular complexity index is 648. The highest BCUT2D eigenvalue weighted by atomic mass is 79.9. The minimum absolute atomic E-state index is 0.198. The fourth-order valence-corrected chi connectivity index (χ4v) is 3.07. The molecule has 1 unspecified atom stereocenters. The van der Waals surface area contributed by atoms with E-state index in [-0.39, 0.29) is 11.9 Å². The highest BCUT2D eigenvalue weighted by Crippen LogP contribution is 2.33. The van der Waals surface area contributed by atoms with Gasteiger partial charge in [0, 0.05) is 10.9 Å². The third-order valence-corrected chi connectivity index (χ3v) is 4.17. The first-order chi connectivity index (χ1) is 9.69. The van der Waals surface area contributed by atoms with Crippen LogP contribution < -0.4 is 16.0 Å². The molecule has 0 bridgehead atoms. The van der Waals surface area contributed by atoms with Gasteiger partial charge in [0.05, 0.1) is 12.6 Å². The van der Waals surface area contributed by atoms with E-state index < -0.39 is 0 Å². The van der Waals surface area contributed by atoms with Gasteiger partial charge in [0.25, 0.3) is 0 Å². The molecule has 1 aliphatic heterocycles. The minimum atomic E-state index is -0.279. The molecule has 0 spiro atoms. The zero-order valence-electron chi connectivity index (χ0n) is 10.7. The predicted octanol–water partition coefficient (Wildman–Crippen LogP) is 3.08. The maximum absolute atomic E-state index is 13.2. The van der Waals surface area contributed by atoms with E-state index in [4.69, 9.17) is 10.6 Å². The molecule has 0 aliphatic carbocycles. The third kappa shape index (κ3) is 2.44. The molecule has 2 aromatic carbocycles. The molecule has 0 saturated heterocycles. The number of halogens is 2. The van der Waals surface area contributed by atoms with Crippen LogP contribution in [0.2, 0.25) is 0 Å². The summed E-state index contributed by atoms with van der Waals surface area (Å²) < 4.78 is 19.4. The lowest BCUT2D eigenvalue weighted by atomic mass is 9.97. The highest BCUT2D eigenvalue weighted by Gasteiger charge is 2.19. The van der Waals surface area contributed by atoms with Gasteiger partial charge in [0.2, 0.25) is 0 Å². The Morgan fingerprint density at radius 3 is 2.85 bits per heavy atom. The van der Waals surface area contributed by atoms with Gasteiger partial charge in [-0.1, -0.05) is 34.1 Å². The van der Waals surface area contributed by atoms with Crippen LogP contribution in [0.25, 0.3) is 0 Å². The van der Waals surface area contributed by atoms with Crippen molar-refractivity contribution in [3.63, 3.8) is 0 Å². The fourth-order valence-electron chi connectivity index (χ4n) is 2.49. The Labute approximate surface area is 125 Å². The van der Waals surface area contributed by atoms with Crippen molar-refractivity contribution in [3.05, 3.63) is 63.4 Å². The predicted molar refractivity (Wildman–Crippen MR) is 78.9 cm³/mol. The van der Waals surface area contributed by atoms with Crippen molar-refractivity contribution in [2.24, 2.45) is 5.84 Å². The number of benzene rings is 2. The second-order valence-corrected chi connectivity index (χ2v) is 5.59. The monoisotopic (exact) mass is 336 g/mol. The summed E-state index contributed by atoms with van der Waals surface area (Å²) in [6, 6.07) is 10.4. The van der Waals surface area contributed by atoms with Gasteiger partial charge in [0.1, 0.15) is 11.6 Å². The molecule has 0 amide bonds. The van der Waals surface area contributed by atoms with Crippen LogP contribution in [-0.2, 0) is 6.42 Å². The van der Waals surface area contributed by atoms with E-state index in [9.17, 15) is 4.39 Å². The summed E-state index contributed by atoms with van der Waals surface area (Å²) in [7, 11) is 0. The molecule has 104 valence electrons. The quantitative estimate of drug-likeness (QED) is 0.668. The first kappa shape index (κ1) is 13.5. The van der Waals surface area contributed by atoms with Gasteiger partial charge >= 0.3 is 0 Å². The molecule has 1 aliphatic rings. The van der Waals surface area contributed by atoms with E-state index in [0.29, 0.717) is 4.47 Å². The van der Waals surface area contributed by atoms with E-state index in [1.807, 2.05) is 12.1 Å². The summed E-state index contributed by atoms with van der Waals surface area (Å²) in [5.74, 6) is 6.35. The summed E-state index contributed by atoms with van der Waals surface area (Å²) in [5.41, 5.74) is 5.90. The van der Waals surface area contributed by atoms with E-state index in [1.54, 1.807) is 6.07 Å². The summed E-state index contributed by atoms with van der Waals surface area (Å²) in [5, 5.41) is 0. The van der Waals surface area contributed by atoms with Gasteiger partial charge in [-0.25, -0.2) is 9.82 Å². The Balaban J connectivity index is 2.01. The second kappa shape index (κ2) is 5.52. The van der Waals surface area contributed by atoms with Crippen molar-refractivity contribution in [3.8, 4) is 5.75 Å². The highest BCUT2D eigenvalue weighted by molar-refractivity contribution is 9.10. The zero-order chi connectivity index (χ0) is 14.1. The Kier molecular flexibility index (Phi) is 3.74. The smallest absolute Gasteiger partial charge is 0.124 e. The molecule has 3 nitrogen and oxygen atoms in total. The maximum atomic E-state index is 13.2. The number of hydrazine groups is 1. The molecule has 0 saturated carbocycles. The maximum Gasteiger partial charge on any atom is 0.124 e.